The zero-order valence-corrected chi connectivity index (χ0v) is 9.66. The molecule has 82 valence electrons. The number of para-hydroxylation sites is 1. The molecule has 0 amide bonds. The maximum absolute atomic E-state index is 8.43. The Morgan fingerprint density at radius 2 is 2.13 bits per heavy atom. The average molecular weight is 225 g/mol. The zero-order chi connectivity index (χ0) is 11.3. The van der Waals surface area contributed by atoms with Gasteiger partial charge in [0.05, 0.1) is 5.75 Å². The van der Waals surface area contributed by atoms with Crippen molar-refractivity contribution in [3.8, 4) is 0 Å². The molecule has 0 aliphatic rings. The number of thioether (sulfide) groups is 1. The molecular weight excluding hydrogens is 210 g/mol. The van der Waals surface area contributed by atoms with Gasteiger partial charge in [-0.25, -0.2) is 0 Å². The molecule has 3 N–H and O–H groups in total. The largest absolute Gasteiger partial charge is 0.409 e. The molecule has 0 aliphatic carbocycles. The number of hydrogen-bond donors (Lipinski definition) is 2. The molecule has 1 aromatic rings. The van der Waals surface area contributed by atoms with Gasteiger partial charge in [-0.2, -0.15) is 0 Å². The second kappa shape index (κ2) is 5.50. The molecule has 0 aliphatic heterocycles. The molecule has 4 nitrogen and oxygen atoms in total. The third-order valence-electron chi connectivity index (χ3n) is 1.85. The van der Waals surface area contributed by atoms with Gasteiger partial charge >= 0.3 is 0 Å². The Morgan fingerprint density at radius 1 is 1.47 bits per heavy atom. The number of oxime groups is 1. The molecule has 0 saturated heterocycles. The van der Waals surface area contributed by atoms with Crippen molar-refractivity contribution in [2.45, 2.75) is 4.90 Å². The SMILES string of the molecule is CN(C)c1ccccc1SCC(N)=NO. The van der Waals surface area contributed by atoms with Crippen molar-refractivity contribution < 1.29 is 5.21 Å². The summed E-state index contributed by atoms with van der Waals surface area (Å²) in [6.07, 6.45) is 0. The summed E-state index contributed by atoms with van der Waals surface area (Å²) in [6.45, 7) is 0. The number of benzene rings is 1. The van der Waals surface area contributed by atoms with E-state index in [1.807, 2.05) is 43.3 Å². The molecule has 15 heavy (non-hydrogen) atoms. The molecule has 0 saturated carbocycles. The van der Waals surface area contributed by atoms with E-state index in [-0.39, 0.29) is 5.84 Å². The minimum atomic E-state index is 0.230. The lowest BCUT2D eigenvalue weighted by atomic mass is 10.3. The van der Waals surface area contributed by atoms with Crippen molar-refractivity contribution in [1.29, 1.82) is 0 Å². The quantitative estimate of drug-likeness (QED) is 0.268. The summed E-state index contributed by atoms with van der Waals surface area (Å²) in [5, 5.41) is 11.4. The van der Waals surface area contributed by atoms with E-state index in [0.29, 0.717) is 5.75 Å². The molecule has 0 bridgehead atoms. The van der Waals surface area contributed by atoms with Crippen molar-refractivity contribution in [2.24, 2.45) is 10.9 Å². The molecule has 5 heteroatoms. The van der Waals surface area contributed by atoms with Gasteiger partial charge < -0.3 is 15.8 Å². The number of nitrogens with zero attached hydrogens (tertiary/aromatic N) is 2. The van der Waals surface area contributed by atoms with Crippen LogP contribution < -0.4 is 10.6 Å². The van der Waals surface area contributed by atoms with E-state index >= 15 is 0 Å². The molecule has 1 rings (SSSR count). The predicted molar refractivity (Wildman–Crippen MR) is 64.9 cm³/mol. The van der Waals surface area contributed by atoms with Gasteiger partial charge in [0.2, 0.25) is 0 Å². The summed E-state index contributed by atoms with van der Waals surface area (Å²) in [5.74, 6) is 0.718. The monoisotopic (exact) mass is 225 g/mol. The zero-order valence-electron chi connectivity index (χ0n) is 8.84. The highest BCUT2D eigenvalue weighted by molar-refractivity contribution is 8.00. The van der Waals surface area contributed by atoms with Gasteiger partial charge in [0.1, 0.15) is 5.84 Å². The van der Waals surface area contributed by atoms with Crippen LogP contribution in [0.15, 0.2) is 34.3 Å². The molecule has 0 fully saturated rings. The Balaban J connectivity index is 2.76. The molecule has 0 radical (unpaired) electrons. The van der Waals surface area contributed by atoms with Crippen LogP contribution in [0.3, 0.4) is 0 Å². The lowest BCUT2D eigenvalue weighted by Crippen LogP contribution is -2.15. The Hall–Kier alpha value is -1.36. The van der Waals surface area contributed by atoms with Crippen molar-refractivity contribution in [3.05, 3.63) is 24.3 Å². The van der Waals surface area contributed by atoms with Gasteiger partial charge in [0, 0.05) is 24.7 Å². The van der Waals surface area contributed by atoms with E-state index < -0.39 is 0 Å². The Bertz CT molecular complexity index is 352. The topological polar surface area (TPSA) is 61.8 Å². The van der Waals surface area contributed by atoms with Crippen molar-refractivity contribution in [2.75, 3.05) is 24.7 Å². The van der Waals surface area contributed by atoms with E-state index in [9.17, 15) is 0 Å². The number of hydrogen-bond acceptors (Lipinski definition) is 4. The van der Waals surface area contributed by atoms with Crippen LogP contribution in [0, 0.1) is 0 Å². The van der Waals surface area contributed by atoms with Crippen LogP contribution in [-0.4, -0.2) is 30.9 Å². The first-order valence-electron chi connectivity index (χ1n) is 4.50. The summed E-state index contributed by atoms with van der Waals surface area (Å²) in [4.78, 5) is 3.16. The Labute approximate surface area is 93.8 Å². The Kier molecular flexibility index (Phi) is 4.30. The maximum Gasteiger partial charge on any atom is 0.149 e. The van der Waals surface area contributed by atoms with Crippen LogP contribution in [0.4, 0.5) is 5.69 Å². The van der Waals surface area contributed by atoms with Crippen LogP contribution in [0.25, 0.3) is 0 Å². The van der Waals surface area contributed by atoms with Crippen LogP contribution >= 0.6 is 11.8 Å². The minimum Gasteiger partial charge on any atom is -0.409 e. The molecule has 1 aromatic carbocycles. The fourth-order valence-corrected chi connectivity index (χ4v) is 2.06. The second-order valence-corrected chi connectivity index (χ2v) is 4.26. The molecule has 0 atom stereocenters. The first-order chi connectivity index (χ1) is 7.15. The number of nitrogens with two attached hydrogens (primary N) is 1. The van der Waals surface area contributed by atoms with E-state index in [1.54, 1.807) is 11.8 Å². The summed E-state index contributed by atoms with van der Waals surface area (Å²) in [6, 6.07) is 8.02. The highest BCUT2D eigenvalue weighted by Gasteiger charge is 2.04. The van der Waals surface area contributed by atoms with Crippen LogP contribution in [0.2, 0.25) is 0 Å². The third-order valence-corrected chi connectivity index (χ3v) is 2.95. The second-order valence-electron chi connectivity index (χ2n) is 3.24. The lowest BCUT2D eigenvalue weighted by Gasteiger charge is -2.16. The van der Waals surface area contributed by atoms with Gasteiger partial charge in [-0.1, -0.05) is 17.3 Å². The van der Waals surface area contributed by atoms with Crippen molar-refractivity contribution in [3.63, 3.8) is 0 Å². The highest BCUT2D eigenvalue weighted by atomic mass is 32.2. The smallest absolute Gasteiger partial charge is 0.149 e. The molecule has 0 unspecified atom stereocenters. The van der Waals surface area contributed by atoms with Gasteiger partial charge in [-0.15, -0.1) is 11.8 Å². The highest BCUT2D eigenvalue weighted by Crippen LogP contribution is 2.28. The molecule has 0 heterocycles. The van der Waals surface area contributed by atoms with Crippen LogP contribution in [0.5, 0.6) is 0 Å². The first kappa shape index (κ1) is 11.7. The van der Waals surface area contributed by atoms with E-state index in [4.69, 9.17) is 10.9 Å². The molecular formula is C10H15N3OS. The third kappa shape index (κ3) is 3.36. The van der Waals surface area contributed by atoms with E-state index in [1.165, 1.54) is 0 Å². The van der Waals surface area contributed by atoms with E-state index in [2.05, 4.69) is 5.16 Å². The van der Waals surface area contributed by atoms with Gasteiger partial charge in [-0.3, -0.25) is 0 Å². The van der Waals surface area contributed by atoms with Gasteiger partial charge in [-0.05, 0) is 12.1 Å². The maximum atomic E-state index is 8.43. The summed E-state index contributed by atoms with van der Waals surface area (Å²) in [5.41, 5.74) is 6.55. The van der Waals surface area contributed by atoms with Crippen LogP contribution in [-0.2, 0) is 0 Å². The lowest BCUT2D eigenvalue weighted by molar-refractivity contribution is 0.318. The van der Waals surface area contributed by atoms with Crippen LogP contribution in [0.1, 0.15) is 0 Å². The molecule has 0 aromatic heterocycles. The summed E-state index contributed by atoms with van der Waals surface area (Å²) in [7, 11) is 3.98. The molecule has 0 spiro atoms. The summed E-state index contributed by atoms with van der Waals surface area (Å²) >= 11 is 1.55. The fraction of sp³-hybridized carbons (Fsp3) is 0.300. The first-order valence-corrected chi connectivity index (χ1v) is 5.49. The van der Waals surface area contributed by atoms with Gasteiger partial charge in [0.15, 0.2) is 0 Å². The minimum absolute atomic E-state index is 0.230. The van der Waals surface area contributed by atoms with Crippen molar-refractivity contribution >= 4 is 23.3 Å². The summed E-state index contributed by atoms with van der Waals surface area (Å²) < 4.78 is 0. The number of anilines is 1. The normalized spacial score (nSPS) is 11.5. The van der Waals surface area contributed by atoms with E-state index in [0.717, 1.165) is 10.6 Å². The fourth-order valence-electron chi connectivity index (χ4n) is 1.13. The Morgan fingerprint density at radius 3 is 2.73 bits per heavy atom. The standard InChI is InChI=1S/C10H15N3OS/c1-13(2)8-5-3-4-6-9(8)15-7-10(11)12-14/h3-6,14H,7H2,1-2H3,(H2,11,12). The number of amidine groups is 1. The predicted octanol–water partition coefficient (Wildman–Crippen LogP) is 1.59. The average Bonchev–Trinajstić information content (AvgIpc) is 2.26. The van der Waals surface area contributed by atoms with Gasteiger partial charge in [0.25, 0.3) is 0 Å². The number of rotatable bonds is 4. The van der Waals surface area contributed by atoms with Crippen molar-refractivity contribution in [1.82, 2.24) is 0 Å².